The van der Waals surface area contributed by atoms with Gasteiger partial charge in [0, 0.05) is 23.4 Å². The van der Waals surface area contributed by atoms with Crippen molar-refractivity contribution in [1.82, 2.24) is 9.78 Å². The Labute approximate surface area is 210 Å². The fraction of sp³-hybridized carbons (Fsp3) is 0.154. The van der Waals surface area contributed by atoms with Crippen LogP contribution in [0.4, 0.5) is 5.69 Å². The number of hydrogen-bond acceptors (Lipinski definition) is 7. The van der Waals surface area contributed by atoms with Gasteiger partial charge in [-0.15, -0.1) is 10.8 Å². The second-order valence-electron chi connectivity index (χ2n) is 8.61. The number of nitrogens with zero attached hydrogens (tertiary/aromatic N) is 2. The normalized spacial score (nSPS) is 13.0. The molecule has 3 aromatic carbocycles. The molecule has 0 saturated carbocycles. The van der Waals surface area contributed by atoms with Gasteiger partial charge in [0.1, 0.15) is 5.75 Å². The van der Waals surface area contributed by atoms with Crippen LogP contribution in [-0.4, -0.2) is 31.9 Å². The van der Waals surface area contributed by atoms with Gasteiger partial charge in [-0.3, -0.25) is 13.9 Å². The van der Waals surface area contributed by atoms with E-state index in [2.05, 4.69) is 22.5 Å². The Morgan fingerprint density at radius 2 is 1.81 bits per heavy atom. The van der Waals surface area contributed by atoms with Gasteiger partial charge in [-0.05, 0) is 72.5 Å². The molecule has 1 aliphatic rings. The number of rotatable bonds is 7. The van der Waals surface area contributed by atoms with Gasteiger partial charge >= 0.3 is 0 Å². The van der Waals surface area contributed by atoms with Crippen LogP contribution < -0.4 is 20.9 Å². The number of benzene rings is 3. The predicted octanol–water partition coefficient (Wildman–Crippen LogP) is 4.34. The molecule has 1 aromatic heterocycles. The summed E-state index contributed by atoms with van der Waals surface area (Å²) in [6.07, 6.45) is 1.40. The lowest BCUT2D eigenvalue weighted by Crippen LogP contribution is -2.15. The zero-order chi connectivity index (χ0) is 25.4. The number of methoxy groups -OCH3 is 1. The summed E-state index contributed by atoms with van der Waals surface area (Å²) in [4.78, 5) is 12.4. The van der Waals surface area contributed by atoms with Crippen LogP contribution in [0.2, 0.25) is 0 Å². The van der Waals surface area contributed by atoms with Crippen LogP contribution in [0.25, 0.3) is 16.9 Å². The number of anilines is 1. The Morgan fingerprint density at radius 3 is 2.44 bits per heavy atom. The fourth-order valence-electron chi connectivity index (χ4n) is 4.47. The molecule has 36 heavy (non-hydrogen) atoms. The van der Waals surface area contributed by atoms with E-state index in [0.717, 1.165) is 45.8 Å². The van der Waals surface area contributed by atoms with Crippen LogP contribution in [-0.2, 0) is 19.4 Å². The number of nitrogens with one attached hydrogen (secondary N) is 1. The van der Waals surface area contributed by atoms with Gasteiger partial charge in [-0.1, -0.05) is 18.2 Å². The van der Waals surface area contributed by atoms with Crippen LogP contribution in [0.15, 0.2) is 71.6 Å². The number of carbonyl (C=O) groups is 1. The summed E-state index contributed by atoms with van der Waals surface area (Å²) >= 11 is 0. The molecule has 0 spiro atoms. The number of aromatic nitrogens is 2. The fourth-order valence-corrected chi connectivity index (χ4v) is 5.00. The van der Waals surface area contributed by atoms with Gasteiger partial charge in [0.2, 0.25) is 0 Å². The first-order valence-corrected chi connectivity index (χ1v) is 12.9. The maximum Gasteiger partial charge on any atom is 0.269 e. The standard InChI is InChI=1S/C26H27N5O4S/c1-35-20-9-2-16(3-10-20)15-29-18-6-4-17-5-13-22-24(26(27)32)30-31(25(22)23(17)14-18)19-7-11-21(12-8-19)36(28,33)34/h2-4,6-12,14,29,33-34H,5,13,15,28H2,1H3,(H2,27,32). The Balaban J connectivity index is 1.53. The largest absolute Gasteiger partial charge is 0.497 e. The highest BCUT2D eigenvalue weighted by molar-refractivity contribution is 8.22. The van der Waals surface area contributed by atoms with E-state index < -0.39 is 16.7 Å². The molecule has 0 bridgehead atoms. The lowest BCUT2D eigenvalue weighted by Gasteiger charge is -2.26. The lowest BCUT2D eigenvalue weighted by molar-refractivity contribution is 0.0994. The van der Waals surface area contributed by atoms with Crippen LogP contribution in [0.1, 0.15) is 27.2 Å². The van der Waals surface area contributed by atoms with E-state index in [1.54, 1.807) is 36.1 Å². The van der Waals surface area contributed by atoms with Crippen molar-refractivity contribution < 1.29 is 18.6 Å². The maximum atomic E-state index is 12.2. The van der Waals surface area contributed by atoms with E-state index in [-0.39, 0.29) is 10.6 Å². The van der Waals surface area contributed by atoms with Crippen molar-refractivity contribution in [2.24, 2.45) is 10.9 Å². The molecule has 0 aliphatic heterocycles. The van der Waals surface area contributed by atoms with Gasteiger partial charge in [-0.2, -0.15) is 5.10 Å². The van der Waals surface area contributed by atoms with E-state index in [4.69, 9.17) is 15.6 Å². The van der Waals surface area contributed by atoms with Gasteiger partial charge in [0.05, 0.1) is 23.4 Å². The second-order valence-corrected chi connectivity index (χ2v) is 10.3. The van der Waals surface area contributed by atoms with Gasteiger partial charge in [0.15, 0.2) is 5.69 Å². The zero-order valence-corrected chi connectivity index (χ0v) is 20.5. The Bertz CT molecular complexity index is 1430. The number of hydrogen-bond donors (Lipinski definition) is 5. The zero-order valence-electron chi connectivity index (χ0n) is 19.6. The summed E-state index contributed by atoms with van der Waals surface area (Å²) in [5.74, 6) is 0.220. The highest BCUT2D eigenvalue weighted by Crippen LogP contribution is 2.41. The van der Waals surface area contributed by atoms with Crippen molar-refractivity contribution in [1.29, 1.82) is 0 Å². The monoisotopic (exact) mass is 505 g/mol. The molecular formula is C26H27N5O4S. The average molecular weight is 506 g/mol. The molecule has 7 N–H and O–H groups in total. The molecule has 0 radical (unpaired) electrons. The molecule has 186 valence electrons. The number of ether oxygens (including phenoxy) is 1. The van der Waals surface area contributed by atoms with Gasteiger partial charge in [-0.25, -0.2) is 9.82 Å². The van der Waals surface area contributed by atoms with E-state index in [9.17, 15) is 13.9 Å². The number of amides is 1. The minimum absolute atomic E-state index is 0.216. The molecule has 9 nitrogen and oxygen atoms in total. The molecule has 0 saturated heterocycles. The van der Waals surface area contributed by atoms with Gasteiger partial charge < -0.3 is 15.8 Å². The van der Waals surface area contributed by atoms with Crippen molar-refractivity contribution in [2.45, 2.75) is 24.3 Å². The first-order valence-electron chi connectivity index (χ1n) is 11.3. The number of nitrogens with two attached hydrogens (primary N) is 2. The lowest BCUT2D eigenvalue weighted by atomic mass is 9.88. The molecule has 10 heteroatoms. The first-order chi connectivity index (χ1) is 17.2. The summed E-state index contributed by atoms with van der Waals surface area (Å²) in [5.41, 5.74) is 12.3. The second kappa shape index (κ2) is 9.32. The summed E-state index contributed by atoms with van der Waals surface area (Å²) < 4.78 is 26.4. The molecular weight excluding hydrogens is 478 g/mol. The smallest absolute Gasteiger partial charge is 0.269 e. The summed E-state index contributed by atoms with van der Waals surface area (Å²) in [7, 11) is -1.69. The van der Waals surface area contributed by atoms with Crippen molar-refractivity contribution in [2.75, 3.05) is 12.4 Å². The van der Waals surface area contributed by atoms with Crippen LogP contribution in [0, 0.1) is 0 Å². The number of fused-ring (bicyclic) bond motifs is 3. The Hall–Kier alpha value is -3.83. The minimum Gasteiger partial charge on any atom is -0.497 e. The van der Waals surface area contributed by atoms with Crippen LogP contribution in [0.3, 0.4) is 0 Å². The average Bonchev–Trinajstić information content (AvgIpc) is 3.28. The highest BCUT2D eigenvalue weighted by Gasteiger charge is 2.28. The third-order valence-corrected chi connectivity index (χ3v) is 7.28. The van der Waals surface area contributed by atoms with Crippen molar-refractivity contribution in [3.8, 4) is 22.7 Å². The van der Waals surface area contributed by atoms with Crippen LogP contribution in [0.5, 0.6) is 5.75 Å². The summed E-state index contributed by atoms with van der Waals surface area (Å²) in [5, 5.41) is 13.5. The van der Waals surface area contributed by atoms with E-state index in [0.29, 0.717) is 18.7 Å². The van der Waals surface area contributed by atoms with Crippen molar-refractivity contribution >= 4 is 22.4 Å². The molecule has 1 aliphatic carbocycles. The Morgan fingerprint density at radius 1 is 1.08 bits per heavy atom. The van der Waals surface area contributed by atoms with E-state index in [1.807, 2.05) is 30.3 Å². The van der Waals surface area contributed by atoms with Crippen LogP contribution >= 0.6 is 10.8 Å². The third-order valence-electron chi connectivity index (χ3n) is 6.31. The summed E-state index contributed by atoms with van der Waals surface area (Å²) in [6.45, 7) is 0.633. The minimum atomic E-state index is -3.33. The topological polar surface area (TPSA) is 149 Å². The third kappa shape index (κ3) is 4.54. The predicted molar refractivity (Wildman–Crippen MR) is 141 cm³/mol. The van der Waals surface area contributed by atoms with Crippen molar-refractivity contribution in [3.63, 3.8) is 0 Å². The molecule has 0 atom stereocenters. The molecule has 5 rings (SSSR count). The number of primary amides is 1. The number of carbonyl (C=O) groups excluding carboxylic acids is 1. The molecule has 0 fully saturated rings. The van der Waals surface area contributed by atoms with E-state index >= 15 is 0 Å². The molecule has 1 amide bonds. The molecule has 1 heterocycles. The van der Waals surface area contributed by atoms with Gasteiger partial charge in [0.25, 0.3) is 5.91 Å². The highest BCUT2D eigenvalue weighted by atomic mass is 32.3. The Kier molecular flexibility index (Phi) is 6.19. The summed E-state index contributed by atoms with van der Waals surface area (Å²) in [6, 6.07) is 20.5. The molecule has 0 unspecified atom stereocenters. The maximum absolute atomic E-state index is 12.2. The SMILES string of the molecule is COc1ccc(CNc2ccc3c(c2)-c2c(c(C(N)=O)nn2-c2ccc(S(N)(O)O)cc2)CC3)cc1. The first kappa shape index (κ1) is 23.9. The number of aryl methyl sites for hydroxylation is 1. The van der Waals surface area contributed by atoms with Crippen molar-refractivity contribution in [3.05, 3.63) is 89.1 Å². The quantitative estimate of drug-likeness (QED) is 0.251. The molecule has 4 aromatic rings. The van der Waals surface area contributed by atoms with E-state index in [1.165, 1.54) is 0 Å².